The van der Waals surface area contributed by atoms with Gasteiger partial charge in [0.05, 0.1) is 6.61 Å². The minimum absolute atomic E-state index is 0.0608. The molecule has 10 heteroatoms. The highest BCUT2D eigenvalue weighted by Gasteiger charge is 2.27. The number of hydroxylamine groups is 1. The van der Waals surface area contributed by atoms with Gasteiger partial charge in [0.2, 0.25) is 0 Å². The van der Waals surface area contributed by atoms with E-state index in [9.17, 15) is 14.4 Å². The molecule has 0 saturated carbocycles. The second-order valence-electron chi connectivity index (χ2n) is 6.33. The Labute approximate surface area is 184 Å². The van der Waals surface area contributed by atoms with Crippen LogP contribution in [0.2, 0.25) is 0 Å². The lowest BCUT2D eigenvalue weighted by atomic mass is 10.0. The Morgan fingerprint density at radius 1 is 1.09 bits per heavy atom. The molecule has 4 N–H and O–H groups in total. The molecule has 3 amide bonds. The van der Waals surface area contributed by atoms with Gasteiger partial charge in [-0.05, 0) is 35.9 Å². The van der Waals surface area contributed by atoms with Crippen LogP contribution < -0.4 is 15.5 Å². The van der Waals surface area contributed by atoms with E-state index in [2.05, 4.69) is 5.32 Å². The highest BCUT2D eigenvalue weighted by Crippen LogP contribution is 2.27. The fourth-order valence-electron chi connectivity index (χ4n) is 2.69. The topological polar surface area (TPSA) is 143 Å². The summed E-state index contributed by atoms with van der Waals surface area (Å²) < 4.78 is 16.2. The summed E-state index contributed by atoms with van der Waals surface area (Å²) in [4.78, 5) is 36.1. The van der Waals surface area contributed by atoms with E-state index >= 15 is 0 Å². The number of amides is 3. The predicted molar refractivity (Wildman–Crippen MR) is 112 cm³/mol. The number of aliphatic hydroxyl groups excluding tert-OH is 1. The summed E-state index contributed by atoms with van der Waals surface area (Å²) in [5.74, 6) is -1.06. The lowest BCUT2D eigenvalue weighted by Gasteiger charge is -2.24. The first-order valence-corrected chi connectivity index (χ1v) is 9.54. The van der Waals surface area contributed by atoms with Gasteiger partial charge in [0.25, 0.3) is 11.8 Å². The molecule has 10 nitrogen and oxygen atoms in total. The predicted octanol–water partition coefficient (Wildman–Crippen LogP) is 1.74. The molecule has 0 unspecified atom stereocenters. The molecule has 0 aromatic heterocycles. The van der Waals surface area contributed by atoms with Crippen molar-refractivity contribution in [3.63, 3.8) is 0 Å². The van der Waals surface area contributed by atoms with Gasteiger partial charge >= 0.3 is 6.09 Å². The number of methoxy groups -OCH3 is 1. The Bertz CT molecular complexity index is 933. The maximum atomic E-state index is 12.5. The van der Waals surface area contributed by atoms with E-state index in [0.29, 0.717) is 11.3 Å². The largest absolute Gasteiger partial charge is 0.491 e. The first-order chi connectivity index (χ1) is 15.5. The van der Waals surface area contributed by atoms with Gasteiger partial charge in [0.1, 0.15) is 18.5 Å². The number of imide groups is 1. The van der Waals surface area contributed by atoms with Crippen molar-refractivity contribution in [3.05, 3.63) is 77.9 Å². The van der Waals surface area contributed by atoms with Crippen LogP contribution in [0.4, 0.5) is 4.79 Å². The second kappa shape index (κ2) is 12.8. The molecule has 2 rings (SSSR count). The van der Waals surface area contributed by atoms with Crippen LogP contribution in [0, 0.1) is 0 Å². The van der Waals surface area contributed by atoms with E-state index in [1.54, 1.807) is 42.5 Å². The number of nitrogens with one attached hydrogen (secondary N) is 2. The zero-order valence-electron chi connectivity index (χ0n) is 17.3. The molecule has 2 aromatic rings. The van der Waals surface area contributed by atoms with Crippen LogP contribution in [0.3, 0.4) is 0 Å². The van der Waals surface area contributed by atoms with Gasteiger partial charge in [-0.2, -0.15) is 0 Å². The van der Waals surface area contributed by atoms with Gasteiger partial charge in [0, 0.05) is 18.7 Å². The first-order valence-electron chi connectivity index (χ1n) is 9.54. The van der Waals surface area contributed by atoms with Gasteiger partial charge < -0.3 is 19.3 Å². The van der Waals surface area contributed by atoms with Crippen molar-refractivity contribution >= 4 is 17.9 Å². The van der Waals surface area contributed by atoms with Crippen molar-refractivity contribution in [2.75, 3.05) is 20.3 Å². The molecule has 0 radical (unpaired) electrons. The third kappa shape index (κ3) is 7.51. The Morgan fingerprint density at radius 2 is 1.84 bits per heavy atom. The number of ether oxygens (including phenoxy) is 3. The summed E-state index contributed by atoms with van der Waals surface area (Å²) in [6, 6.07) is 14.6. The molecule has 32 heavy (non-hydrogen) atoms. The van der Waals surface area contributed by atoms with Crippen LogP contribution in [0.5, 0.6) is 5.75 Å². The van der Waals surface area contributed by atoms with E-state index in [-0.39, 0.29) is 18.8 Å². The smallest absolute Gasteiger partial charge is 0.414 e. The summed E-state index contributed by atoms with van der Waals surface area (Å²) in [7, 11) is 1.33. The molecule has 0 saturated heterocycles. The Kier molecular flexibility index (Phi) is 9.85. The van der Waals surface area contributed by atoms with Crippen LogP contribution in [0.15, 0.2) is 66.7 Å². The summed E-state index contributed by atoms with van der Waals surface area (Å²) in [5.41, 5.74) is 2.15. The first kappa shape index (κ1) is 24.5. The molecule has 0 heterocycles. The van der Waals surface area contributed by atoms with Crippen LogP contribution in [0.25, 0.3) is 0 Å². The number of aliphatic hydroxyl groups is 1. The molecule has 0 aliphatic rings. The third-order valence-electron chi connectivity index (χ3n) is 4.15. The highest BCUT2D eigenvalue weighted by molar-refractivity contribution is 6.02. The number of carbonyl (C=O) groups excluding carboxylic acids is 3. The van der Waals surface area contributed by atoms with Crippen molar-refractivity contribution in [1.29, 1.82) is 0 Å². The molecule has 170 valence electrons. The monoisotopic (exact) mass is 444 g/mol. The Hall–Kier alpha value is -3.73. The van der Waals surface area contributed by atoms with Crippen LogP contribution in [-0.2, 0) is 14.3 Å². The van der Waals surface area contributed by atoms with E-state index in [1.165, 1.54) is 30.8 Å². The molecule has 2 aromatic carbocycles. The van der Waals surface area contributed by atoms with Crippen LogP contribution >= 0.6 is 0 Å². The molecule has 2 atom stereocenters. The third-order valence-corrected chi connectivity index (χ3v) is 4.15. The van der Waals surface area contributed by atoms with Gasteiger partial charge in [0.15, 0.2) is 6.10 Å². The number of alkyl carbamates (subject to hydrolysis) is 1. The van der Waals surface area contributed by atoms with Gasteiger partial charge in [-0.3, -0.25) is 20.1 Å². The normalized spacial score (nSPS) is 12.6. The Morgan fingerprint density at radius 3 is 2.50 bits per heavy atom. The average Bonchev–Trinajstić information content (AvgIpc) is 2.82. The summed E-state index contributed by atoms with van der Waals surface area (Å²) in [5, 5.41) is 19.8. The number of hydrogen-bond donors (Lipinski definition) is 4. The minimum Gasteiger partial charge on any atom is -0.491 e. The second-order valence-corrected chi connectivity index (χ2v) is 6.33. The van der Waals surface area contributed by atoms with Crippen LogP contribution in [0.1, 0.15) is 22.0 Å². The van der Waals surface area contributed by atoms with Gasteiger partial charge in [-0.1, -0.05) is 30.3 Å². The minimum atomic E-state index is -1.09. The number of hydrogen-bond acceptors (Lipinski definition) is 8. The summed E-state index contributed by atoms with van der Waals surface area (Å²) in [6.07, 6.45) is -0.803. The maximum Gasteiger partial charge on any atom is 0.414 e. The average molecular weight is 444 g/mol. The summed E-state index contributed by atoms with van der Waals surface area (Å²) in [6.45, 7) is -0.126. The number of benzene rings is 2. The van der Waals surface area contributed by atoms with E-state index in [1.807, 2.05) is 0 Å². The standard InChI is InChI=1S/C22H24N2O8/c1-30-18(10-11-19(26)24-29)20(16-8-5-9-17(14-16)31-13-12-25)32-22(28)23-21(27)15-6-3-2-4-7-15/h2-11,14,18,20,25,29H,12-13H2,1H3,(H,24,26)(H,23,27,28)/b11-10+/t18-,20-/m0/s1. The van der Waals surface area contributed by atoms with Crippen molar-refractivity contribution in [2.45, 2.75) is 12.2 Å². The van der Waals surface area contributed by atoms with Crippen molar-refractivity contribution in [1.82, 2.24) is 10.8 Å². The molecular formula is C22H24N2O8. The highest BCUT2D eigenvalue weighted by atomic mass is 16.6. The number of carbonyl (C=O) groups is 3. The van der Waals surface area contributed by atoms with Crippen molar-refractivity contribution in [2.24, 2.45) is 0 Å². The van der Waals surface area contributed by atoms with Crippen LogP contribution in [-0.4, -0.2) is 54.6 Å². The Balaban J connectivity index is 2.26. The van der Waals surface area contributed by atoms with Gasteiger partial charge in [-0.15, -0.1) is 0 Å². The lowest BCUT2D eigenvalue weighted by Crippen LogP contribution is -2.35. The molecule has 0 fully saturated rings. The fourth-order valence-corrected chi connectivity index (χ4v) is 2.69. The van der Waals surface area contributed by atoms with E-state index < -0.39 is 30.1 Å². The molecule has 0 spiro atoms. The zero-order valence-corrected chi connectivity index (χ0v) is 17.3. The lowest BCUT2D eigenvalue weighted by molar-refractivity contribution is -0.124. The maximum absolute atomic E-state index is 12.5. The van der Waals surface area contributed by atoms with E-state index in [4.69, 9.17) is 24.5 Å². The number of rotatable bonds is 10. The SMILES string of the molecule is CO[C@@H](/C=C/C(=O)NO)[C@@H](OC(=O)NC(=O)c1ccccc1)c1cccc(OCCO)c1. The van der Waals surface area contributed by atoms with Gasteiger partial charge in [-0.25, -0.2) is 10.3 Å². The molecular weight excluding hydrogens is 420 g/mol. The van der Waals surface area contributed by atoms with Crippen molar-refractivity contribution < 1.29 is 38.9 Å². The molecule has 0 aliphatic heterocycles. The van der Waals surface area contributed by atoms with E-state index in [0.717, 1.165) is 6.08 Å². The fraction of sp³-hybridized carbons (Fsp3) is 0.227. The quantitative estimate of drug-likeness (QED) is 0.247. The molecule has 0 aliphatic carbocycles. The van der Waals surface area contributed by atoms with Crippen molar-refractivity contribution in [3.8, 4) is 5.75 Å². The summed E-state index contributed by atoms with van der Waals surface area (Å²) >= 11 is 0. The zero-order chi connectivity index (χ0) is 23.3. The molecule has 0 bridgehead atoms.